The van der Waals surface area contributed by atoms with Crippen LogP contribution in [0.1, 0.15) is 26.7 Å². The van der Waals surface area contributed by atoms with Crippen molar-refractivity contribution in [3.8, 4) is 5.88 Å². The van der Waals surface area contributed by atoms with E-state index in [4.69, 9.17) is 9.47 Å². The van der Waals surface area contributed by atoms with Gasteiger partial charge in [0.2, 0.25) is 11.8 Å². The van der Waals surface area contributed by atoms with E-state index in [2.05, 4.69) is 14.9 Å². The molecule has 1 aromatic heterocycles. The molecule has 0 radical (unpaired) electrons. The number of morpholine rings is 1. The van der Waals surface area contributed by atoms with Gasteiger partial charge < -0.3 is 14.4 Å². The predicted octanol–water partition coefficient (Wildman–Crippen LogP) is 1.20. The number of hydrogen-bond acceptors (Lipinski definition) is 6. The van der Waals surface area contributed by atoms with Crippen LogP contribution in [0.15, 0.2) is 18.6 Å². The highest BCUT2D eigenvalue weighted by Crippen LogP contribution is 2.18. The quantitative estimate of drug-likeness (QED) is 0.797. The minimum atomic E-state index is 0.113. The molecule has 7 nitrogen and oxygen atoms in total. The maximum absolute atomic E-state index is 12.6. The summed E-state index contributed by atoms with van der Waals surface area (Å²) in [4.78, 5) is 25.0. The van der Waals surface area contributed by atoms with E-state index >= 15 is 0 Å². The molecule has 0 spiro atoms. The standard InChI is InChI=1S/C18H28N4O3/c1-14-9-22(10-15(2)25-14)18(23)12-21-7-3-4-16(11-21)13-24-17-8-19-5-6-20-17/h5-6,8,14-16H,3-4,7,9-13H2,1-2H3. The molecule has 0 bridgehead atoms. The first-order valence-electron chi connectivity index (χ1n) is 9.14. The molecule has 3 rings (SSSR count). The highest BCUT2D eigenvalue weighted by molar-refractivity contribution is 5.78. The second kappa shape index (κ2) is 8.58. The first kappa shape index (κ1) is 18.1. The van der Waals surface area contributed by atoms with Gasteiger partial charge in [-0.15, -0.1) is 0 Å². The SMILES string of the molecule is CC1CN(C(=O)CN2CCCC(COc3cnccn3)C2)CC(C)O1. The maximum atomic E-state index is 12.6. The van der Waals surface area contributed by atoms with Crippen molar-refractivity contribution >= 4 is 5.91 Å². The Hall–Kier alpha value is -1.73. The largest absolute Gasteiger partial charge is 0.476 e. The number of rotatable bonds is 5. The number of nitrogens with zero attached hydrogens (tertiary/aromatic N) is 4. The van der Waals surface area contributed by atoms with Gasteiger partial charge in [0.1, 0.15) is 0 Å². The number of piperidine rings is 1. The monoisotopic (exact) mass is 348 g/mol. The Bertz CT molecular complexity index is 547. The Labute approximate surface area is 149 Å². The van der Waals surface area contributed by atoms with Crippen LogP contribution in [0.25, 0.3) is 0 Å². The van der Waals surface area contributed by atoms with Crippen molar-refractivity contribution in [2.45, 2.75) is 38.9 Å². The summed E-state index contributed by atoms with van der Waals surface area (Å²) in [6.45, 7) is 8.40. The summed E-state index contributed by atoms with van der Waals surface area (Å²) < 4.78 is 11.4. The van der Waals surface area contributed by atoms with Crippen molar-refractivity contribution in [1.82, 2.24) is 19.8 Å². The topological polar surface area (TPSA) is 67.8 Å². The van der Waals surface area contributed by atoms with Crippen molar-refractivity contribution in [2.24, 2.45) is 5.92 Å². The van der Waals surface area contributed by atoms with Crippen LogP contribution in [0.3, 0.4) is 0 Å². The van der Waals surface area contributed by atoms with Crippen LogP contribution in [0.2, 0.25) is 0 Å². The zero-order valence-corrected chi connectivity index (χ0v) is 15.1. The molecular weight excluding hydrogens is 320 g/mol. The second-order valence-electron chi connectivity index (χ2n) is 7.15. The van der Waals surface area contributed by atoms with Crippen LogP contribution in [0.4, 0.5) is 0 Å². The molecule has 1 amide bonds. The van der Waals surface area contributed by atoms with E-state index in [1.165, 1.54) is 0 Å². The molecule has 0 N–H and O–H groups in total. The molecule has 2 fully saturated rings. The van der Waals surface area contributed by atoms with E-state index < -0.39 is 0 Å². The van der Waals surface area contributed by atoms with Crippen molar-refractivity contribution in [3.05, 3.63) is 18.6 Å². The fraction of sp³-hybridized carbons (Fsp3) is 0.722. The molecule has 2 saturated heterocycles. The maximum Gasteiger partial charge on any atom is 0.236 e. The molecule has 3 atom stereocenters. The smallest absolute Gasteiger partial charge is 0.236 e. The van der Waals surface area contributed by atoms with Crippen molar-refractivity contribution < 1.29 is 14.3 Å². The lowest BCUT2D eigenvalue weighted by Crippen LogP contribution is -2.52. The third-order valence-corrected chi connectivity index (χ3v) is 4.74. The normalized spacial score (nSPS) is 27.9. The Kier molecular flexibility index (Phi) is 6.20. The minimum absolute atomic E-state index is 0.113. The lowest BCUT2D eigenvalue weighted by Gasteiger charge is -2.38. The number of ether oxygens (including phenoxy) is 2. The van der Waals surface area contributed by atoms with Crippen LogP contribution < -0.4 is 4.74 Å². The van der Waals surface area contributed by atoms with Crippen LogP contribution in [-0.4, -0.2) is 77.2 Å². The molecule has 2 aliphatic rings. The van der Waals surface area contributed by atoms with Gasteiger partial charge >= 0.3 is 0 Å². The van der Waals surface area contributed by atoms with Crippen molar-refractivity contribution in [2.75, 3.05) is 39.3 Å². The van der Waals surface area contributed by atoms with Gasteiger partial charge in [-0.25, -0.2) is 4.98 Å². The second-order valence-corrected chi connectivity index (χ2v) is 7.15. The highest BCUT2D eigenvalue weighted by Gasteiger charge is 2.28. The van der Waals surface area contributed by atoms with E-state index in [0.717, 1.165) is 25.9 Å². The molecule has 1 aromatic rings. The van der Waals surface area contributed by atoms with Crippen molar-refractivity contribution in [3.63, 3.8) is 0 Å². The van der Waals surface area contributed by atoms with Gasteiger partial charge in [0.15, 0.2) is 0 Å². The molecule has 0 aliphatic carbocycles. The van der Waals surface area contributed by atoms with Gasteiger partial charge in [-0.05, 0) is 33.2 Å². The summed E-state index contributed by atoms with van der Waals surface area (Å²) in [5.41, 5.74) is 0. The fourth-order valence-electron chi connectivity index (χ4n) is 3.67. The first-order valence-corrected chi connectivity index (χ1v) is 9.14. The number of carbonyl (C=O) groups excluding carboxylic acids is 1. The lowest BCUT2D eigenvalue weighted by atomic mass is 9.99. The van der Waals surface area contributed by atoms with E-state index in [1.54, 1.807) is 18.6 Å². The number of aromatic nitrogens is 2. The van der Waals surface area contributed by atoms with Crippen molar-refractivity contribution in [1.29, 1.82) is 0 Å². The molecule has 25 heavy (non-hydrogen) atoms. The minimum Gasteiger partial charge on any atom is -0.476 e. The Morgan fingerprint density at radius 2 is 2.08 bits per heavy atom. The molecule has 3 unspecified atom stereocenters. The fourth-order valence-corrected chi connectivity index (χ4v) is 3.67. The average molecular weight is 348 g/mol. The Balaban J connectivity index is 1.45. The van der Waals surface area contributed by atoms with Crippen LogP contribution in [0, 0.1) is 5.92 Å². The van der Waals surface area contributed by atoms with Gasteiger partial charge in [0.05, 0.1) is 31.6 Å². The molecule has 3 heterocycles. The first-order chi connectivity index (χ1) is 12.1. The molecule has 138 valence electrons. The zero-order chi connectivity index (χ0) is 17.6. The summed E-state index contributed by atoms with van der Waals surface area (Å²) in [5.74, 6) is 1.19. The van der Waals surface area contributed by atoms with Gasteiger partial charge in [-0.1, -0.05) is 0 Å². The van der Waals surface area contributed by atoms with Gasteiger partial charge in [0.25, 0.3) is 0 Å². The Morgan fingerprint density at radius 1 is 1.28 bits per heavy atom. The number of amides is 1. The number of hydrogen-bond donors (Lipinski definition) is 0. The number of likely N-dealkylation sites (tertiary alicyclic amines) is 1. The average Bonchev–Trinajstić information content (AvgIpc) is 2.60. The summed E-state index contributed by atoms with van der Waals surface area (Å²) in [7, 11) is 0. The van der Waals surface area contributed by atoms with Gasteiger partial charge in [-0.2, -0.15) is 0 Å². The molecular formula is C18H28N4O3. The number of carbonyl (C=O) groups is 1. The summed E-state index contributed by atoms with van der Waals surface area (Å²) >= 11 is 0. The third-order valence-electron chi connectivity index (χ3n) is 4.74. The molecule has 0 saturated carbocycles. The van der Waals surface area contributed by atoms with Gasteiger partial charge in [0, 0.05) is 37.9 Å². The molecule has 2 aliphatic heterocycles. The third kappa shape index (κ3) is 5.37. The van der Waals surface area contributed by atoms with Crippen LogP contribution in [0.5, 0.6) is 5.88 Å². The molecule has 7 heteroatoms. The zero-order valence-electron chi connectivity index (χ0n) is 15.1. The van der Waals surface area contributed by atoms with E-state index in [1.807, 2.05) is 18.7 Å². The van der Waals surface area contributed by atoms with Gasteiger partial charge in [-0.3, -0.25) is 14.7 Å². The molecule has 0 aromatic carbocycles. The highest BCUT2D eigenvalue weighted by atomic mass is 16.5. The van der Waals surface area contributed by atoms with E-state index in [9.17, 15) is 4.79 Å². The van der Waals surface area contributed by atoms with Crippen LogP contribution in [-0.2, 0) is 9.53 Å². The van der Waals surface area contributed by atoms with E-state index in [0.29, 0.717) is 38.0 Å². The van der Waals surface area contributed by atoms with E-state index in [-0.39, 0.29) is 18.1 Å². The Morgan fingerprint density at radius 3 is 2.80 bits per heavy atom. The summed E-state index contributed by atoms with van der Waals surface area (Å²) in [6.07, 6.45) is 7.34. The summed E-state index contributed by atoms with van der Waals surface area (Å²) in [6, 6.07) is 0. The summed E-state index contributed by atoms with van der Waals surface area (Å²) in [5, 5.41) is 0. The predicted molar refractivity (Wildman–Crippen MR) is 93.3 cm³/mol. The lowest BCUT2D eigenvalue weighted by molar-refractivity contribution is -0.144. The van der Waals surface area contributed by atoms with Crippen LogP contribution >= 0.6 is 0 Å².